The Kier molecular flexibility index (Phi) is 7.70. The van der Waals surface area contributed by atoms with Gasteiger partial charge >= 0.3 is 0 Å². The van der Waals surface area contributed by atoms with Crippen LogP contribution in [0.4, 0.5) is 0 Å². The lowest BCUT2D eigenvalue weighted by Crippen LogP contribution is -2.53. The van der Waals surface area contributed by atoms with Gasteiger partial charge in [-0.1, -0.05) is 72.8 Å². The van der Waals surface area contributed by atoms with Gasteiger partial charge in [0, 0.05) is 26.2 Å². The SMILES string of the molecule is COc1ccc(CC(=O)NC(=S)N2CCN(C(c3ccccc3)c3ccccc3)CC2)cc1. The summed E-state index contributed by atoms with van der Waals surface area (Å²) in [5.41, 5.74) is 3.49. The van der Waals surface area contributed by atoms with Crippen molar-refractivity contribution < 1.29 is 9.53 Å². The number of methoxy groups -OCH3 is 1. The fourth-order valence-corrected chi connectivity index (χ4v) is 4.54. The van der Waals surface area contributed by atoms with Crippen LogP contribution in [0.3, 0.4) is 0 Å². The number of carbonyl (C=O) groups is 1. The minimum atomic E-state index is -0.0981. The van der Waals surface area contributed by atoms with Crippen LogP contribution >= 0.6 is 12.2 Å². The first-order valence-electron chi connectivity index (χ1n) is 11.2. The van der Waals surface area contributed by atoms with Gasteiger partial charge in [-0.05, 0) is 41.0 Å². The minimum Gasteiger partial charge on any atom is -0.497 e. The van der Waals surface area contributed by atoms with Crippen molar-refractivity contribution in [3.8, 4) is 5.75 Å². The zero-order valence-electron chi connectivity index (χ0n) is 18.8. The molecule has 0 bridgehead atoms. The number of benzene rings is 3. The van der Waals surface area contributed by atoms with E-state index in [-0.39, 0.29) is 18.4 Å². The lowest BCUT2D eigenvalue weighted by atomic mass is 9.96. The van der Waals surface area contributed by atoms with Gasteiger partial charge in [0.15, 0.2) is 5.11 Å². The van der Waals surface area contributed by atoms with Crippen LogP contribution in [0, 0.1) is 0 Å². The third-order valence-electron chi connectivity index (χ3n) is 5.97. The number of nitrogens with zero attached hydrogens (tertiary/aromatic N) is 2. The molecule has 4 rings (SSSR count). The van der Waals surface area contributed by atoms with E-state index in [4.69, 9.17) is 17.0 Å². The second-order valence-electron chi connectivity index (χ2n) is 8.13. The Morgan fingerprint density at radius 3 is 1.94 bits per heavy atom. The van der Waals surface area contributed by atoms with E-state index in [1.807, 2.05) is 24.3 Å². The van der Waals surface area contributed by atoms with Gasteiger partial charge in [-0.25, -0.2) is 0 Å². The third-order valence-corrected chi connectivity index (χ3v) is 6.33. The first kappa shape index (κ1) is 23.0. The van der Waals surface area contributed by atoms with E-state index in [1.54, 1.807) is 7.11 Å². The maximum absolute atomic E-state index is 12.5. The lowest BCUT2D eigenvalue weighted by molar-refractivity contribution is -0.119. The van der Waals surface area contributed by atoms with Crippen molar-refractivity contribution in [3.05, 3.63) is 102 Å². The molecule has 0 spiro atoms. The highest BCUT2D eigenvalue weighted by Gasteiger charge is 2.27. The molecule has 3 aromatic carbocycles. The van der Waals surface area contributed by atoms with Gasteiger partial charge in [-0.15, -0.1) is 0 Å². The molecule has 0 saturated carbocycles. The van der Waals surface area contributed by atoms with Crippen LogP contribution in [-0.2, 0) is 11.2 Å². The molecule has 0 unspecified atom stereocenters. The number of rotatable bonds is 6. The number of thiocarbonyl (C=S) groups is 1. The molecule has 1 amide bonds. The summed E-state index contributed by atoms with van der Waals surface area (Å²) < 4.78 is 5.17. The molecule has 0 atom stereocenters. The summed E-state index contributed by atoms with van der Waals surface area (Å²) in [6, 6.07) is 28.9. The summed E-state index contributed by atoms with van der Waals surface area (Å²) >= 11 is 5.55. The minimum absolute atomic E-state index is 0.0981. The molecule has 1 heterocycles. The van der Waals surface area contributed by atoms with Crippen molar-refractivity contribution in [1.29, 1.82) is 0 Å². The predicted octanol–water partition coefficient (Wildman–Crippen LogP) is 4.05. The van der Waals surface area contributed by atoms with Crippen molar-refractivity contribution in [2.75, 3.05) is 33.3 Å². The highest BCUT2D eigenvalue weighted by atomic mass is 32.1. The van der Waals surface area contributed by atoms with Crippen LogP contribution < -0.4 is 10.1 Å². The van der Waals surface area contributed by atoms with Gasteiger partial charge < -0.3 is 15.0 Å². The smallest absolute Gasteiger partial charge is 0.230 e. The molecule has 0 aliphatic carbocycles. The van der Waals surface area contributed by atoms with Crippen LogP contribution in [0.2, 0.25) is 0 Å². The maximum atomic E-state index is 12.5. The maximum Gasteiger partial charge on any atom is 0.230 e. The predicted molar refractivity (Wildman–Crippen MR) is 135 cm³/mol. The first-order chi connectivity index (χ1) is 16.1. The van der Waals surface area contributed by atoms with E-state index < -0.39 is 0 Å². The summed E-state index contributed by atoms with van der Waals surface area (Å²) in [6.45, 7) is 3.28. The summed E-state index contributed by atoms with van der Waals surface area (Å²) in [5.74, 6) is 0.677. The van der Waals surface area contributed by atoms with E-state index in [9.17, 15) is 4.79 Å². The Morgan fingerprint density at radius 1 is 0.879 bits per heavy atom. The van der Waals surface area contributed by atoms with Crippen molar-refractivity contribution in [3.63, 3.8) is 0 Å². The molecule has 170 valence electrons. The Hall–Kier alpha value is -3.22. The summed E-state index contributed by atoms with van der Waals surface area (Å²) in [5, 5.41) is 3.41. The summed E-state index contributed by atoms with van der Waals surface area (Å²) in [6.07, 6.45) is 0.286. The van der Waals surface area contributed by atoms with Gasteiger partial charge in [0.25, 0.3) is 0 Å². The van der Waals surface area contributed by atoms with Gasteiger partial charge in [0.05, 0.1) is 19.6 Å². The van der Waals surface area contributed by atoms with Crippen LogP contribution in [0.15, 0.2) is 84.9 Å². The molecule has 6 heteroatoms. The van der Waals surface area contributed by atoms with Crippen LogP contribution in [0.25, 0.3) is 0 Å². The Morgan fingerprint density at radius 2 is 1.42 bits per heavy atom. The quantitative estimate of drug-likeness (QED) is 0.564. The van der Waals surface area contributed by atoms with Crippen LogP contribution in [-0.4, -0.2) is 54.1 Å². The molecular formula is C27H29N3O2S. The number of carbonyl (C=O) groups excluding carboxylic acids is 1. The van der Waals surface area contributed by atoms with E-state index in [1.165, 1.54) is 11.1 Å². The highest BCUT2D eigenvalue weighted by molar-refractivity contribution is 7.80. The molecular weight excluding hydrogens is 430 g/mol. The highest BCUT2D eigenvalue weighted by Crippen LogP contribution is 2.29. The molecule has 0 radical (unpaired) electrons. The second kappa shape index (κ2) is 11.1. The normalized spacial score (nSPS) is 14.2. The van der Waals surface area contributed by atoms with Crippen molar-refractivity contribution >= 4 is 23.2 Å². The van der Waals surface area contributed by atoms with Gasteiger partial charge in [0.2, 0.25) is 5.91 Å². The topological polar surface area (TPSA) is 44.8 Å². The number of hydrogen-bond acceptors (Lipinski definition) is 4. The van der Waals surface area contributed by atoms with Gasteiger partial charge in [0.1, 0.15) is 5.75 Å². The van der Waals surface area contributed by atoms with Crippen LogP contribution in [0.5, 0.6) is 5.75 Å². The van der Waals surface area contributed by atoms with Crippen molar-refractivity contribution in [2.24, 2.45) is 0 Å². The molecule has 1 aliphatic rings. The van der Waals surface area contributed by atoms with Crippen molar-refractivity contribution in [2.45, 2.75) is 12.5 Å². The summed E-state index contributed by atoms with van der Waals surface area (Å²) in [7, 11) is 1.63. The Balaban J connectivity index is 1.35. The summed E-state index contributed by atoms with van der Waals surface area (Å²) in [4.78, 5) is 17.1. The number of nitrogens with one attached hydrogen (secondary N) is 1. The first-order valence-corrected chi connectivity index (χ1v) is 11.6. The fraction of sp³-hybridized carbons (Fsp3) is 0.259. The average Bonchev–Trinajstić information content (AvgIpc) is 2.86. The molecule has 1 saturated heterocycles. The van der Waals surface area contributed by atoms with E-state index >= 15 is 0 Å². The van der Waals surface area contributed by atoms with Gasteiger partial charge in [-0.3, -0.25) is 9.69 Å². The molecule has 0 aromatic heterocycles. The second-order valence-corrected chi connectivity index (χ2v) is 8.51. The van der Waals surface area contributed by atoms with E-state index in [0.717, 1.165) is 37.5 Å². The van der Waals surface area contributed by atoms with Gasteiger partial charge in [-0.2, -0.15) is 0 Å². The average molecular weight is 460 g/mol. The third kappa shape index (κ3) is 5.97. The lowest BCUT2D eigenvalue weighted by Gasteiger charge is -2.40. The molecule has 3 aromatic rings. The fourth-order valence-electron chi connectivity index (χ4n) is 4.24. The van der Waals surface area contributed by atoms with E-state index in [2.05, 4.69) is 75.8 Å². The molecule has 1 fully saturated rings. The standard InChI is InChI=1S/C27H29N3O2S/c1-32-24-14-12-21(13-15-24)20-25(31)28-27(33)30-18-16-29(17-19-30)26(22-8-4-2-5-9-22)23-10-6-3-7-11-23/h2-15,26H,16-20H2,1H3,(H,28,31,33). The van der Waals surface area contributed by atoms with Crippen molar-refractivity contribution in [1.82, 2.24) is 15.1 Å². The zero-order valence-corrected chi connectivity index (χ0v) is 19.6. The number of ether oxygens (including phenoxy) is 1. The molecule has 1 N–H and O–H groups in total. The monoisotopic (exact) mass is 459 g/mol. The molecule has 5 nitrogen and oxygen atoms in total. The van der Waals surface area contributed by atoms with Crippen LogP contribution in [0.1, 0.15) is 22.7 Å². The Labute approximate surface area is 201 Å². The van der Waals surface area contributed by atoms with E-state index in [0.29, 0.717) is 5.11 Å². The zero-order chi connectivity index (χ0) is 23.0. The Bertz CT molecular complexity index is 1010. The number of hydrogen-bond donors (Lipinski definition) is 1. The largest absolute Gasteiger partial charge is 0.497 e. The number of piperazine rings is 1. The molecule has 33 heavy (non-hydrogen) atoms. The molecule has 1 aliphatic heterocycles. The number of amides is 1.